The van der Waals surface area contributed by atoms with Crippen LogP contribution in [-0.2, 0) is 14.6 Å². The van der Waals surface area contributed by atoms with E-state index in [4.69, 9.17) is 4.42 Å². The maximum Gasteiger partial charge on any atom is 0.250 e. The Hall–Kier alpha value is -1.56. The summed E-state index contributed by atoms with van der Waals surface area (Å²) in [5, 5.41) is 0. The highest BCUT2D eigenvalue weighted by Gasteiger charge is 2.37. The lowest BCUT2D eigenvalue weighted by molar-refractivity contribution is -0.129. The number of amides is 1. The molecule has 0 N–H and O–H groups in total. The number of carbonyl (C=O) groups is 1. The number of nitrogens with zero attached hydrogens (tertiary/aromatic N) is 1. The molecule has 2 aliphatic rings. The fraction of sp³-hybridized carbons (Fsp3) is 0.588. The number of allylic oxidation sites excluding steroid dienone is 1. The molecule has 0 bridgehead atoms. The van der Waals surface area contributed by atoms with Crippen molar-refractivity contribution >= 4 is 15.7 Å². The normalized spacial score (nSPS) is 24.8. The molecule has 0 aromatic carbocycles. The molecule has 1 amide bonds. The quantitative estimate of drug-likeness (QED) is 0.832. The number of carbonyl (C=O) groups excluding carboxylic acids is 1. The number of furan rings is 1. The van der Waals surface area contributed by atoms with Crippen molar-refractivity contribution in [2.24, 2.45) is 0 Å². The zero-order chi connectivity index (χ0) is 16.4. The Morgan fingerprint density at radius 2 is 2.09 bits per heavy atom. The van der Waals surface area contributed by atoms with Crippen LogP contribution in [0, 0.1) is 6.92 Å². The Balaban J connectivity index is 1.88. The molecule has 1 aromatic rings. The summed E-state index contributed by atoms with van der Waals surface area (Å²) in [5.41, 5.74) is 0.829. The lowest BCUT2D eigenvalue weighted by Gasteiger charge is -2.35. The van der Waals surface area contributed by atoms with E-state index >= 15 is 0 Å². The van der Waals surface area contributed by atoms with E-state index < -0.39 is 15.9 Å². The molecule has 1 aliphatic heterocycles. The smallest absolute Gasteiger partial charge is 0.250 e. The molecule has 0 saturated carbocycles. The van der Waals surface area contributed by atoms with Crippen molar-refractivity contribution in [2.75, 3.05) is 18.1 Å². The number of hydrogen-bond donors (Lipinski definition) is 0. The van der Waals surface area contributed by atoms with Crippen LogP contribution in [0.5, 0.6) is 0 Å². The summed E-state index contributed by atoms with van der Waals surface area (Å²) < 4.78 is 29.7. The Morgan fingerprint density at radius 3 is 2.83 bits per heavy atom. The highest BCUT2D eigenvalue weighted by atomic mass is 32.2. The van der Waals surface area contributed by atoms with Gasteiger partial charge in [0.1, 0.15) is 17.6 Å². The maximum atomic E-state index is 12.9. The third-order valence-electron chi connectivity index (χ3n) is 4.60. The van der Waals surface area contributed by atoms with Crippen molar-refractivity contribution in [1.82, 2.24) is 4.90 Å². The molecule has 2 heterocycles. The van der Waals surface area contributed by atoms with Gasteiger partial charge in [-0.15, -0.1) is 0 Å². The molecule has 1 aliphatic carbocycles. The second-order valence-corrected chi connectivity index (χ2v) is 8.63. The van der Waals surface area contributed by atoms with Crippen LogP contribution >= 0.6 is 0 Å². The monoisotopic (exact) mass is 337 g/mol. The SMILES string of the molecule is Cc1ccc([C@@H]2CS(=O)(=O)CCN2C(=O)C2=CCCCCC2)o1. The topological polar surface area (TPSA) is 67.6 Å². The lowest BCUT2D eigenvalue weighted by atomic mass is 10.1. The van der Waals surface area contributed by atoms with E-state index in [1.807, 2.05) is 19.1 Å². The van der Waals surface area contributed by atoms with Gasteiger partial charge in [0, 0.05) is 12.1 Å². The van der Waals surface area contributed by atoms with Gasteiger partial charge >= 0.3 is 0 Å². The predicted molar refractivity (Wildman–Crippen MR) is 87.7 cm³/mol. The lowest BCUT2D eigenvalue weighted by Crippen LogP contribution is -2.46. The molecule has 0 radical (unpaired) electrons. The van der Waals surface area contributed by atoms with Crippen LogP contribution in [0.1, 0.15) is 49.7 Å². The van der Waals surface area contributed by atoms with Crippen LogP contribution in [0.25, 0.3) is 0 Å². The van der Waals surface area contributed by atoms with E-state index in [1.54, 1.807) is 11.0 Å². The second-order valence-electron chi connectivity index (χ2n) is 6.41. The largest absolute Gasteiger partial charge is 0.464 e. The average molecular weight is 337 g/mol. The fourth-order valence-electron chi connectivity index (χ4n) is 3.31. The minimum absolute atomic E-state index is 0.0270. The summed E-state index contributed by atoms with van der Waals surface area (Å²) in [7, 11) is -3.15. The molecule has 1 aromatic heterocycles. The molecule has 3 rings (SSSR count). The van der Waals surface area contributed by atoms with E-state index in [-0.39, 0.29) is 24.0 Å². The summed E-state index contributed by atoms with van der Waals surface area (Å²) in [6.07, 6.45) is 7.02. The number of hydrogen-bond acceptors (Lipinski definition) is 4. The molecular weight excluding hydrogens is 314 g/mol. The number of rotatable bonds is 2. The van der Waals surface area contributed by atoms with E-state index in [9.17, 15) is 13.2 Å². The zero-order valence-electron chi connectivity index (χ0n) is 13.5. The summed E-state index contributed by atoms with van der Waals surface area (Å²) in [6.45, 7) is 2.06. The van der Waals surface area contributed by atoms with Gasteiger partial charge in [-0.3, -0.25) is 4.79 Å². The van der Waals surface area contributed by atoms with Gasteiger partial charge in [-0.2, -0.15) is 0 Å². The van der Waals surface area contributed by atoms with Gasteiger partial charge < -0.3 is 9.32 Å². The molecule has 1 fully saturated rings. The molecule has 23 heavy (non-hydrogen) atoms. The number of aryl methyl sites for hydroxylation is 1. The van der Waals surface area contributed by atoms with Crippen LogP contribution < -0.4 is 0 Å². The van der Waals surface area contributed by atoms with Crippen LogP contribution in [0.3, 0.4) is 0 Å². The first-order valence-electron chi connectivity index (χ1n) is 8.23. The first-order valence-corrected chi connectivity index (χ1v) is 10.1. The highest BCUT2D eigenvalue weighted by molar-refractivity contribution is 7.91. The summed E-state index contributed by atoms with van der Waals surface area (Å²) >= 11 is 0. The standard InChI is InChI=1S/C17H23NO4S/c1-13-8-9-16(22-13)15-12-23(20,21)11-10-18(15)17(19)14-6-4-2-3-5-7-14/h6,8-9,15H,2-5,7,10-12H2,1H3/t15-/m0/s1. The Bertz CT molecular complexity index is 717. The second kappa shape index (κ2) is 6.51. The average Bonchev–Trinajstić information content (AvgIpc) is 2.77. The van der Waals surface area contributed by atoms with Gasteiger partial charge in [0.2, 0.25) is 5.91 Å². The maximum absolute atomic E-state index is 12.9. The molecule has 0 unspecified atom stereocenters. The van der Waals surface area contributed by atoms with Crippen LogP contribution in [-0.4, -0.2) is 37.3 Å². The van der Waals surface area contributed by atoms with E-state index in [1.165, 1.54) is 0 Å². The van der Waals surface area contributed by atoms with Gasteiger partial charge in [-0.05, 0) is 44.7 Å². The molecule has 126 valence electrons. The minimum atomic E-state index is -3.15. The van der Waals surface area contributed by atoms with Gasteiger partial charge in [0.25, 0.3) is 0 Å². The van der Waals surface area contributed by atoms with E-state index in [2.05, 4.69) is 0 Å². The molecule has 1 saturated heterocycles. The Morgan fingerprint density at radius 1 is 1.26 bits per heavy atom. The van der Waals surface area contributed by atoms with Gasteiger partial charge in [0.05, 0.1) is 11.5 Å². The fourth-order valence-corrected chi connectivity index (χ4v) is 4.78. The molecule has 1 atom stereocenters. The first kappa shape index (κ1) is 16.3. The third kappa shape index (κ3) is 3.68. The van der Waals surface area contributed by atoms with Crippen molar-refractivity contribution in [2.45, 2.75) is 45.1 Å². The van der Waals surface area contributed by atoms with Crippen LogP contribution in [0.4, 0.5) is 0 Å². The molecule has 5 nitrogen and oxygen atoms in total. The van der Waals surface area contributed by atoms with Crippen molar-refractivity contribution in [3.63, 3.8) is 0 Å². The molecular formula is C17H23NO4S. The summed E-state index contributed by atoms with van der Waals surface area (Å²) in [6, 6.07) is 3.08. The zero-order valence-corrected chi connectivity index (χ0v) is 14.3. The summed E-state index contributed by atoms with van der Waals surface area (Å²) in [4.78, 5) is 14.6. The van der Waals surface area contributed by atoms with E-state index in [0.29, 0.717) is 5.76 Å². The molecule has 6 heteroatoms. The molecule has 0 spiro atoms. The van der Waals surface area contributed by atoms with Gasteiger partial charge in [-0.25, -0.2) is 8.42 Å². The van der Waals surface area contributed by atoms with Crippen molar-refractivity contribution in [3.8, 4) is 0 Å². The van der Waals surface area contributed by atoms with Crippen molar-refractivity contribution < 1.29 is 17.6 Å². The van der Waals surface area contributed by atoms with Gasteiger partial charge in [-0.1, -0.05) is 12.5 Å². The Labute approximate surface area is 137 Å². The third-order valence-corrected chi connectivity index (χ3v) is 6.23. The van der Waals surface area contributed by atoms with Crippen LogP contribution in [0.2, 0.25) is 0 Å². The van der Waals surface area contributed by atoms with Crippen molar-refractivity contribution in [1.29, 1.82) is 0 Å². The minimum Gasteiger partial charge on any atom is -0.464 e. The predicted octanol–water partition coefficient (Wildman–Crippen LogP) is 2.78. The van der Waals surface area contributed by atoms with E-state index in [0.717, 1.165) is 43.4 Å². The Kier molecular flexibility index (Phi) is 4.62. The summed E-state index contributed by atoms with van der Waals surface area (Å²) in [5.74, 6) is 1.24. The van der Waals surface area contributed by atoms with Crippen molar-refractivity contribution in [3.05, 3.63) is 35.3 Å². The van der Waals surface area contributed by atoms with Crippen LogP contribution in [0.15, 0.2) is 28.2 Å². The highest BCUT2D eigenvalue weighted by Crippen LogP contribution is 2.31. The number of sulfone groups is 1. The van der Waals surface area contributed by atoms with Gasteiger partial charge in [0.15, 0.2) is 9.84 Å². The first-order chi connectivity index (χ1) is 11.0.